The van der Waals surface area contributed by atoms with Crippen molar-refractivity contribution in [3.63, 3.8) is 0 Å². The molecule has 1 N–H and O–H groups in total. The van der Waals surface area contributed by atoms with Crippen LogP contribution in [0.25, 0.3) is 0 Å². The van der Waals surface area contributed by atoms with E-state index in [0.717, 1.165) is 0 Å². The van der Waals surface area contributed by atoms with E-state index in [2.05, 4.69) is 20.9 Å². The average molecular weight is 257 g/mol. The van der Waals surface area contributed by atoms with E-state index >= 15 is 0 Å². The van der Waals surface area contributed by atoms with E-state index in [-0.39, 0.29) is 16.3 Å². The smallest absolute Gasteiger partial charge is 0.271 e. The molecule has 0 aliphatic carbocycles. The van der Waals surface area contributed by atoms with Crippen molar-refractivity contribution >= 4 is 27.5 Å². The SMILES string of the molecule is O=C1CC(Br)CN1c1ccc[nH]c1=O. The Labute approximate surface area is 89.1 Å². The lowest BCUT2D eigenvalue weighted by molar-refractivity contribution is -0.117. The first-order valence-electron chi connectivity index (χ1n) is 4.30. The molecular weight excluding hydrogens is 248 g/mol. The number of hydrogen-bond donors (Lipinski definition) is 1. The Hall–Kier alpha value is -1.10. The van der Waals surface area contributed by atoms with Crippen molar-refractivity contribution in [2.45, 2.75) is 11.2 Å². The van der Waals surface area contributed by atoms with E-state index in [1.54, 1.807) is 18.3 Å². The average Bonchev–Trinajstić information content (AvgIpc) is 2.46. The van der Waals surface area contributed by atoms with Crippen molar-refractivity contribution < 1.29 is 4.79 Å². The summed E-state index contributed by atoms with van der Waals surface area (Å²) in [5, 5.41) is 0. The third-order valence-corrected chi connectivity index (χ3v) is 2.78. The molecular formula is C9H9BrN2O2. The second kappa shape index (κ2) is 3.57. The zero-order valence-corrected chi connectivity index (χ0v) is 8.95. The summed E-state index contributed by atoms with van der Waals surface area (Å²) in [6.07, 6.45) is 2.01. The molecule has 4 nitrogen and oxygen atoms in total. The number of halogens is 1. The normalized spacial score (nSPS) is 21.6. The van der Waals surface area contributed by atoms with Crippen LogP contribution in [0.1, 0.15) is 6.42 Å². The molecule has 1 amide bonds. The maximum atomic E-state index is 11.5. The number of hydrogen-bond acceptors (Lipinski definition) is 2. The number of nitrogens with one attached hydrogen (secondary N) is 1. The standard InChI is InChI=1S/C9H9BrN2O2/c10-6-4-8(13)12(5-6)7-2-1-3-11-9(7)14/h1-3,6H,4-5H2,(H,11,14). The van der Waals surface area contributed by atoms with Crippen LogP contribution in [-0.2, 0) is 4.79 Å². The van der Waals surface area contributed by atoms with Crippen LogP contribution in [0.3, 0.4) is 0 Å². The fourth-order valence-corrected chi connectivity index (χ4v) is 2.09. The van der Waals surface area contributed by atoms with Gasteiger partial charge in [0.05, 0.1) is 0 Å². The molecule has 0 bridgehead atoms. The van der Waals surface area contributed by atoms with Crippen molar-refractivity contribution in [1.29, 1.82) is 0 Å². The Kier molecular flexibility index (Phi) is 2.41. The number of aromatic nitrogens is 1. The maximum Gasteiger partial charge on any atom is 0.271 e. The van der Waals surface area contributed by atoms with Crippen molar-refractivity contribution in [2.75, 3.05) is 11.4 Å². The molecule has 0 spiro atoms. The summed E-state index contributed by atoms with van der Waals surface area (Å²) < 4.78 is 0. The third-order valence-electron chi connectivity index (χ3n) is 2.17. The predicted molar refractivity (Wildman–Crippen MR) is 56.7 cm³/mol. The minimum absolute atomic E-state index is 0.0106. The van der Waals surface area contributed by atoms with E-state index in [1.165, 1.54) is 4.90 Å². The molecule has 1 aromatic rings. The van der Waals surface area contributed by atoms with Gasteiger partial charge in [0.25, 0.3) is 5.56 Å². The van der Waals surface area contributed by atoms with Crippen molar-refractivity contribution in [3.05, 3.63) is 28.7 Å². The lowest BCUT2D eigenvalue weighted by atomic mass is 10.4. The van der Waals surface area contributed by atoms with Gasteiger partial charge in [-0.3, -0.25) is 9.59 Å². The van der Waals surface area contributed by atoms with Crippen LogP contribution in [0, 0.1) is 0 Å². The summed E-state index contributed by atoms with van der Waals surface area (Å²) in [6.45, 7) is 0.561. The number of aromatic amines is 1. The van der Waals surface area contributed by atoms with Crippen LogP contribution >= 0.6 is 15.9 Å². The van der Waals surface area contributed by atoms with Crippen LogP contribution in [0.15, 0.2) is 23.1 Å². The first kappa shape index (κ1) is 9.45. The molecule has 1 fully saturated rings. The quantitative estimate of drug-likeness (QED) is 0.759. The van der Waals surface area contributed by atoms with Gasteiger partial charge in [0.2, 0.25) is 5.91 Å². The zero-order chi connectivity index (χ0) is 10.1. The molecule has 1 aromatic heterocycles. The second-order valence-electron chi connectivity index (χ2n) is 3.19. The molecule has 14 heavy (non-hydrogen) atoms. The summed E-state index contributed by atoms with van der Waals surface area (Å²) in [5.41, 5.74) is 0.210. The highest BCUT2D eigenvalue weighted by molar-refractivity contribution is 9.09. The highest BCUT2D eigenvalue weighted by atomic mass is 79.9. The Bertz CT molecular complexity index is 415. The lowest BCUT2D eigenvalue weighted by Gasteiger charge is -2.13. The van der Waals surface area contributed by atoms with Crippen molar-refractivity contribution in [1.82, 2.24) is 4.98 Å². The summed E-state index contributed by atoms with van der Waals surface area (Å²) in [7, 11) is 0. The van der Waals surface area contributed by atoms with Gasteiger partial charge >= 0.3 is 0 Å². The Balaban J connectivity index is 2.37. The molecule has 1 aliphatic heterocycles. The summed E-state index contributed by atoms with van der Waals surface area (Å²) in [5.74, 6) is -0.0106. The number of anilines is 1. The van der Waals surface area contributed by atoms with E-state index in [4.69, 9.17) is 0 Å². The number of rotatable bonds is 1. The van der Waals surface area contributed by atoms with Gasteiger partial charge in [0.15, 0.2) is 0 Å². The molecule has 0 radical (unpaired) electrons. The third kappa shape index (κ3) is 1.59. The largest absolute Gasteiger partial charge is 0.327 e. The molecule has 5 heteroatoms. The fraction of sp³-hybridized carbons (Fsp3) is 0.333. The summed E-state index contributed by atoms with van der Waals surface area (Å²) >= 11 is 3.37. The van der Waals surface area contributed by atoms with Gasteiger partial charge in [-0.05, 0) is 12.1 Å². The first-order chi connectivity index (χ1) is 6.68. The van der Waals surface area contributed by atoms with E-state index in [0.29, 0.717) is 18.7 Å². The van der Waals surface area contributed by atoms with Gasteiger partial charge in [-0.15, -0.1) is 0 Å². The molecule has 74 valence electrons. The molecule has 2 heterocycles. The molecule has 1 aliphatic rings. The maximum absolute atomic E-state index is 11.5. The topological polar surface area (TPSA) is 53.2 Å². The molecule has 1 saturated heterocycles. The van der Waals surface area contributed by atoms with Crippen LogP contribution < -0.4 is 10.5 Å². The molecule has 0 aromatic carbocycles. The predicted octanol–water partition coefficient (Wildman–Crippen LogP) is 0.875. The minimum Gasteiger partial charge on any atom is -0.327 e. The fourth-order valence-electron chi connectivity index (χ4n) is 1.52. The summed E-state index contributed by atoms with van der Waals surface area (Å²) in [6, 6.07) is 3.37. The van der Waals surface area contributed by atoms with Crippen LogP contribution in [-0.4, -0.2) is 22.3 Å². The number of carbonyl (C=O) groups is 1. The minimum atomic E-state index is -0.220. The number of H-pyrrole nitrogens is 1. The van der Waals surface area contributed by atoms with Gasteiger partial charge in [0, 0.05) is 24.0 Å². The Morgan fingerprint density at radius 2 is 2.29 bits per heavy atom. The number of amides is 1. The number of pyridine rings is 1. The Morgan fingerprint density at radius 3 is 2.86 bits per heavy atom. The highest BCUT2D eigenvalue weighted by Gasteiger charge is 2.29. The number of alkyl halides is 1. The van der Waals surface area contributed by atoms with Gasteiger partial charge < -0.3 is 9.88 Å². The number of carbonyl (C=O) groups excluding carboxylic acids is 1. The summed E-state index contributed by atoms with van der Waals surface area (Å²) in [4.78, 5) is 27.1. The van der Waals surface area contributed by atoms with Gasteiger partial charge in [-0.1, -0.05) is 15.9 Å². The monoisotopic (exact) mass is 256 g/mol. The lowest BCUT2D eigenvalue weighted by Crippen LogP contribution is -2.30. The van der Waals surface area contributed by atoms with E-state index in [1.807, 2.05) is 0 Å². The molecule has 1 unspecified atom stereocenters. The van der Waals surface area contributed by atoms with E-state index in [9.17, 15) is 9.59 Å². The molecule has 0 saturated carbocycles. The van der Waals surface area contributed by atoms with Crippen LogP contribution in [0.2, 0.25) is 0 Å². The first-order valence-corrected chi connectivity index (χ1v) is 5.22. The second-order valence-corrected chi connectivity index (χ2v) is 4.49. The van der Waals surface area contributed by atoms with Crippen molar-refractivity contribution in [3.8, 4) is 0 Å². The Morgan fingerprint density at radius 1 is 1.50 bits per heavy atom. The van der Waals surface area contributed by atoms with Crippen LogP contribution in [0.4, 0.5) is 5.69 Å². The van der Waals surface area contributed by atoms with Crippen molar-refractivity contribution in [2.24, 2.45) is 0 Å². The van der Waals surface area contributed by atoms with Gasteiger partial charge in [-0.25, -0.2) is 0 Å². The van der Waals surface area contributed by atoms with E-state index < -0.39 is 0 Å². The van der Waals surface area contributed by atoms with Gasteiger partial charge in [-0.2, -0.15) is 0 Å². The molecule has 1 atom stereocenters. The zero-order valence-electron chi connectivity index (χ0n) is 7.37. The molecule has 2 rings (SSSR count). The number of nitrogens with zero attached hydrogens (tertiary/aromatic N) is 1. The van der Waals surface area contributed by atoms with Crippen LogP contribution in [0.5, 0.6) is 0 Å². The highest BCUT2D eigenvalue weighted by Crippen LogP contribution is 2.21. The van der Waals surface area contributed by atoms with Gasteiger partial charge in [0.1, 0.15) is 5.69 Å².